The molecular formula is C24H28N4O2S. The molecule has 2 heterocycles. The highest BCUT2D eigenvalue weighted by molar-refractivity contribution is 7.99. The minimum Gasteiger partial charge on any atom is -0.497 e. The monoisotopic (exact) mass is 436 g/mol. The number of amides is 1. The van der Waals surface area contributed by atoms with Gasteiger partial charge in [-0.05, 0) is 49.9 Å². The second-order valence-corrected chi connectivity index (χ2v) is 8.61. The summed E-state index contributed by atoms with van der Waals surface area (Å²) in [4.78, 5) is 15.1. The molecule has 7 heteroatoms. The summed E-state index contributed by atoms with van der Waals surface area (Å²) >= 11 is 1.47. The molecule has 0 bridgehead atoms. The van der Waals surface area contributed by atoms with Crippen molar-refractivity contribution in [2.75, 3.05) is 19.4 Å². The highest BCUT2D eigenvalue weighted by Gasteiger charge is 2.30. The molecule has 0 aliphatic carbocycles. The number of aromatic nitrogens is 3. The van der Waals surface area contributed by atoms with Gasteiger partial charge in [-0.3, -0.25) is 4.79 Å². The van der Waals surface area contributed by atoms with Gasteiger partial charge in [0.15, 0.2) is 11.0 Å². The third kappa shape index (κ3) is 4.46. The van der Waals surface area contributed by atoms with Crippen LogP contribution in [-0.4, -0.2) is 45.0 Å². The number of thioether (sulfide) groups is 1. The Balaban J connectivity index is 1.46. The molecule has 1 fully saturated rings. The van der Waals surface area contributed by atoms with Crippen molar-refractivity contribution in [3.05, 3.63) is 59.7 Å². The third-order valence-electron chi connectivity index (χ3n) is 5.82. The Labute approximate surface area is 187 Å². The zero-order valence-corrected chi connectivity index (χ0v) is 19.1. The van der Waals surface area contributed by atoms with Crippen molar-refractivity contribution in [1.29, 1.82) is 0 Å². The molecule has 1 aromatic heterocycles. The van der Waals surface area contributed by atoms with Crippen LogP contribution in [0.25, 0.3) is 11.4 Å². The fourth-order valence-corrected chi connectivity index (χ4v) is 5.04. The summed E-state index contributed by atoms with van der Waals surface area (Å²) < 4.78 is 7.35. The minimum absolute atomic E-state index is 0.130. The Morgan fingerprint density at radius 3 is 2.65 bits per heavy atom. The number of hydrogen-bond acceptors (Lipinski definition) is 5. The lowest BCUT2D eigenvalue weighted by atomic mass is 10.0. The van der Waals surface area contributed by atoms with Gasteiger partial charge < -0.3 is 14.2 Å². The lowest BCUT2D eigenvalue weighted by molar-refractivity contribution is -0.129. The molecule has 1 amide bonds. The lowest BCUT2D eigenvalue weighted by Gasteiger charge is -2.25. The molecule has 2 aromatic carbocycles. The predicted octanol–water partition coefficient (Wildman–Crippen LogP) is 4.74. The van der Waals surface area contributed by atoms with Gasteiger partial charge in [-0.2, -0.15) is 0 Å². The second kappa shape index (κ2) is 9.56. The summed E-state index contributed by atoms with van der Waals surface area (Å²) in [6.45, 7) is 5.71. The number of ether oxygens (including phenoxy) is 1. The van der Waals surface area contributed by atoms with Crippen molar-refractivity contribution in [2.45, 2.75) is 44.4 Å². The molecule has 31 heavy (non-hydrogen) atoms. The molecule has 6 nitrogen and oxygen atoms in total. The minimum atomic E-state index is 0.130. The molecule has 0 spiro atoms. The SMILES string of the molecule is CCn1c(SCC(=O)N2CCCC2c2ccc(OC)cc2)nnc1-c1ccccc1C. The van der Waals surface area contributed by atoms with Crippen LogP contribution >= 0.6 is 11.8 Å². The van der Waals surface area contributed by atoms with E-state index in [1.807, 2.05) is 29.2 Å². The number of rotatable bonds is 7. The van der Waals surface area contributed by atoms with E-state index in [-0.39, 0.29) is 11.9 Å². The van der Waals surface area contributed by atoms with Crippen molar-refractivity contribution in [3.8, 4) is 17.1 Å². The van der Waals surface area contributed by atoms with E-state index < -0.39 is 0 Å². The van der Waals surface area contributed by atoms with E-state index in [2.05, 4.69) is 52.9 Å². The van der Waals surface area contributed by atoms with Crippen LogP contribution in [0.3, 0.4) is 0 Å². The summed E-state index contributed by atoms with van der Waals surface area (Å²) in [5.41, 5.74) is 3.40. The zero-order valence-electron chi connectivity index (χ0n) is 18.2. The standard InChI is InChI=1S/C24H28N4O2S/c1-4-27-23(20-9-6-5-8-17(20)2)25-26-24(27)31-16-22(29)28-15-7-10-21(28)18-11-13-19(30-3)14-12-18/h5-6,8-9,11-14,21H,4,7,10,15-16H2,1-3H3. The average Bonchev–Trinajstić information content (AvgIpc) is 3.45. The maximum absolute atomic E-state index is 13.1. The summed E-state index contributed by atoms with van der Waals surface area (Å²) in [5, 5.41) is 9.60. The quantitative estimate of drug-likeness (QED) is 0.501. The fraction of sp³-hybridized carbons (Fsp3) is 0.375. The summed E-state index contributed by atoms with van der Waals surface area (Å²) in [6, 6.07) is 16.3. The highest BCUT2D eigenvalue weighted by atomic mass is 32.2. The van der Waals surface area contributed by atoms with Gasteiger partial charge in [0, 0.05) is 18.7 Å². The van der Waals surface area contributed by atoms with E-state index >= 15 is 0 Å². The van der Waals surface area contributed by atoms with Crippen LogP contribution in [0.2, 0.25) is 0 Å². The maximum Gasteiger partial charge on any atom is 0.233 e. The van der Waals surface area contributed by atoms with E-state index in [0.717, 1.165) is 59.4 Å². The van der Waals surface area contributed by atoms with E-state index in [9.17, 15) is 4.79 Å². The number of hydrogen-bond donors (Lipinski definition) is 0. The Hall–Kier alpha value is -2.80. The molecule has 1 saturated heterocycles. The van der Waals surface area contributed by atoms with E-state index in [0.29, 0.717) is 5.75 Å². The van der Waals surface area contributed by atoms with Gasteiger partial charge in [0.05, 0.1) is 18.9 Å². The van der Waals surface area contributed by atoms with Gasteiger partial charge in [-0.1, -0.05) is 48.2 Å². The van der Waals surface area contributed by atoms with Crippen LogP contribution in [0.4, 0.5) is 0 Å². The molecule has 0 N–H and O–H groups in total. The van der Waals surface area contributed by atoms with Crippen LogP contribution in [0, 0.1) is 6.92 Å². The first-order valence-electron chi connectivity index (χ1n) is 10.7. The first kappa shape index (κ1) is 21.4. The smallest absolute Gasteiger partial charge is 0.233 e. The van der Waals surface area contributed by atoms with E-state index in [4.69, 9.17) is 4.74 Å². The summed E-state index contributed by atoms with van der Waals surface area (Å²) in [5.74, 6) is 2.19. The normalized spacial score (nSPS) is 16.0. The van der Waals surface area contributed by atoms with Crippen molar-refractivity contribution in [3.63, 3.8) is 0 Å². The number of carbonyl (C=O) groups excluding carboxylic acids is 1. The topological polar surface area (TPSA) is 60.2 Å². The molecule has 1 unspecified atom stereocenters. The summed E-state index contributed by atoms with van der Waals surface area (Å²) in [7, 11) is 1.66. The molecule has 3 aromatic rings. The number of carbonyl (C=O) groups is 1. The predicted molar refractivity (Wildman–Crippen MR) is 123 cm³/mol. The Kier molecular flexibility index (Phi) is 6.61. The Morgan fingerprint density at radius 2 is 1.94 bits per heavy atom. The molecular weight excluding hydrogens is 408 g/mol. The van der Waals surface area contributed by atoms with Gasteiger partial charge in [0.2, 0.25) is 5.91 Å². The molecule has 0 saturated carbocycles. The largest absolute Gasteiger partial charge is 0.497 e. The molecule has 1 aliphatic rings. The first-order chi connectivity index (χ1) is 15.1. The van der Waals surface area contributed by atoms with Gasteiger partial charge in [0.1, 0.15) is 5.75 Å². The first-order valence-corrected chi connectivity index (χ1v) is 11.7. The van der Waals surface area contributed by atoms with Crippen LogP contribution in [0.15, 0.2) is 53.7 Å². The van der Waals surface area contributed by atoms with Crippen LogP contribution in [-0.2, 0) is 11.3 Å². The van der Waals surface area contributed by atoms with Gasteiger partial charge in [0.25, 0.3) is 0 Å². The van der Waals surface area contributed by atoms with Gasteiger partial charge >= 0.3 is 0 Å². The van der Waals surface area contributed by atoms with E-state index in [1.165, 1.54) is 11.8 Å². The Morgan fingerprint density at radius 1 is 1.16 bits per heavy atom. The molecule has 1 atom stereocenters. The maximum atomic E-state index is 13.1. The Bertz CT molecular complexity index is 1050. The molecule has 4 rings (SSSR count). The molecule has 0 radical (unpaired) electrons. The van der Waals surface area contributed by atoms with Gasteiger partial charge in [-0.15, -0.1) is 10.2 Å². The van der Waals surface area contributed by atoms with Crippen molar-refractivity contribution >= 4 is 17.7 Å². The lowest BCUT2D eigenvalue weighted by Crippen LogP contribution is -2.32. The van der Waals surface area contributed by atoms with Gasteiger partial charge in [-0.25, -0.2) is 0 Å². The highest BCUT2D eigenvalue weighted by Crippen LogP contribution is 2.34. The summed E-state index contributed by atoms with van der Waals surface area (Å²) in [6.07, 6.45) is 2.01. The van der Waals surface area contributed by atoms with E-state index in [1.54, 1.807) is 7.11 Å². The van der Waals surface area contributed by atoms with Crippen LogP contribution in [0.1, 0.15) is 36.9 Å². The van der Waals surface area contributed by atoms with Crippen molar-refractivity contribution in [2.24, 2.45) is 0 Å². The van der Waals surface area contributed by atoms with Crippen LogP contribution in [0.5, 0.6) is 5.75 Å². The average molecular weight is 437 g/mol. The number of likely N-dealkylation sites (tertiary alicyclic amines) is 1. The number of methoxy groups -OCH3 is 1. The van der Waals surface area contributed by atoms with Crippen molar-refractivity contribution in [1.82, 2.24) is 19.7 Å². The zero-order chi connectivity index (χ0) is 21.8. The number of aryl methyl sites for hydroxylation is 1. The number of benzene rings is 2. The third-order valence-corrected chi connectivity index (χ3v) is 6.77. The van der Waals surface area contributed by atoms with Crippen molar-refractivity contribution < 1.29 is 9.53 Å². The van der Waals surface area contributed by atoms with Crippen LogP contribution < -0.4 is 4.74 Å². The molecule has 162 valence electrons. The number of nitrogens with zero attached hydrogens (tertiary/aromatic N) is 4. The fourth-order valence-electron chi connectivity index (χ4n) is 4.15. The second-order valence-electron chi connectivity index (χ2n) is 7.67. The molecule has 1 aliphatic heterocycles.